The molecule has 1 N–H and O–H groups in total. The van der Waals surface area contributed by atoms with E-state index in [1.807, 2.05) is 18.2 Å². The summed E-state index contributed by atoms with van der Waals surface area (Å²) in [4.78, 5) is 8.68. The molecule has 0 saturated carbocycles. The number of morpholine rings is 1. The van der Waals surface area contributed by atoms with Gasteiger partial charge in [0.15, 0.2) is 0 Å². The Morgan fingerprint density at radius 2 is 2.33 bits per heavy atom. The van der Waals surface area contributed by atoms with E-state index in [0.717, 1.165) is 36.3 Å². The van der Waals surface area contributed by atoms with Gasteiger partial charge in [-0.3, -0.25) is 0 Å². The molecule has 1 aromatic carbocycles. The van der Waals surface area contributed by atoms with Crippen LogP contribution in [-0.4, -0.2) is 36.8 Å². The molecule has 1 aliphatic heterocycles. The Hall–Kier alpha value is -1.72. The van der Waals surface area contributed by atoms with Gasteiger partial charge in [0.05, 0.1) is 37.1 Å². The second kappa shape index (κ2) is 4.88. The fourth-order valence-corrected chi connectivity index (χ4v) is 2.09. The molecule has 2 heterocycles. The van der Waals surface area contributed by atoms with E-state index < -0.39 is 0 Å². The van der Waals surface area contributed by atoms with Crippen LogP contribution in [0.5, 0.6) is 5.88 Å². The first-order valence-electron chi connectivity index (χ1n) is 6.00. The largest absolute Gasteiger partial charge is 0.480 e. The second-order valence-corrected chi connectivity index (χ2v) is 4.22. The number of rotatable bonds is 2. The topological polar surface area (TPSA) is 56.3 Å². The minimum atomic E-state index is 0.104. The first-order chi connectivity index (χ1) is 8.86. The molecule has 5 nitrogen and oxygen atoms in total. The van der Waals surface area contributed by atoms with Crippen LogP contribution in [0.3, 0.4) is 0 Å². The molecule has 1 saturated heterocycles. The van der Waals surface area contributed by atoms with Gasteiger partial charge in [-0.2, -0.15) is 0 Å². The molecule has 1 aliphatic rings. The van der Waals surface area contributed by atoms with Gasteiger partial charge in [0.25, 0.3) is 0 Å². The van der Waals surface area contributed by atoms with Crippen molar-refractivity contribution in [3.8, 4) is 5.88 Å². The molecular weight excluding hydrogens is 230 g/mol. The summed E-state index contributed by atoms with van der Waals surface area (Å²) in [6, 6.07) is 6.02. The number of nitrogens with one attached hydrogen (secondary N) is 1. The van der Waals surface area contributed by atoms with Crippen molar-refractivity contribution < 1.29 is 9.47 Å². The van der Waals surface area contributed by atoms with Crippen molar-refractivity contribution >= 4 is 11.0 Å². The van der Waals surface area contributed by atoms with Gasteiger partial charge in [0, 0.05) is 13.1 Å². The minimum absolute atomic E-state index is 0.104. The van der Waals surface area contributed by atoms with Crippen LogP contribution in [0.25, 0.3) is 11.0 Å². The SMILES string of the molecule is COc1cnc2cc(C3CNCCO3)ccc2n1. The molecule has 0 amide bonds. The number of ether oxygens (including phenoxy) is 2. The average Bonchev–Trinajstić information content (AvgIpc) is 2.47. The van der Waals surface area contributed by atoms with Gasteiger partial charge in [0.2, 0.25) is 5.88 Å². The average molecular weight is 245 g/mol. The molecule has 5 heteroatoms. The summed E-state index contributed by atoms with van der Waals surface area (Å²) in [5.74, 6) is 0.533. The first-order valence-corrected chi connectivity index (χ1v) is 6.00. The van der Waals surface area contributed by atoms with Crippen LogP contribution >= 0.6 is 0 Å². The number of nitrogens with zero attached hydrogens (tertiary/aromatic N) is 2. The number of hydrogen-bond donors (Lipinski definition) is 1. The van der Waals surface area contributed by atoms with Crippen molar-refractivity contribution in [2.24, 2.45) is 0 Å². The summed E-state index contributed by atoms with van der Waals surface area (Å²) in [6.45, 7) is 2.51. The van der Waals surface area contributed by atoms with E-state index in [0.29, 0.717) is 5.88 Å². The van der Waals surface area contributed by atoms with E-state index in [9.17, 15) is 0 Å². The van der Waals surface area contributed by atoms with E-state index in [-0.39, 0.29) is 6.10 Å². The molecule has 0 bridgehead atoms. The molecule has 1 unspecified atom stereocenters. The summed E-state index contributed by atoms with van der Waals surface area (Å²) in [5.41, 5.74) is 2.83. The first kappa shape index (κ1) is 11.4. The van der Waals surface area contributed by atoms with Crippen LogP contribution in [0.15, 0.2) is 24.4 Å². The van der Waals surface area contributed by atoms with E-state index in [4.69, 9.17) is 9.47 Å². The van der Waals surface area contributed by atoms with Crippen LogP contribution in [0.1, 0.15) is 11.7 Å². The van der Waals surface area contributed by atoms with Crippen molar-refractivity contribution in [2.45, 2.75) is 6.10 Å². The summed E-state index contributed by atoms with van der Waals surface area (Å²) < 4.78 is 10.8. The van der Waals surface area contributed by atoms with E-state index in [1.54, 1.807) is 13.3 Å². The Labute approximate surface area is 105 Å². The Bertz CT molecular complexity index is 553. The van der Waals surface area contributed by atoms with Gasteiger partial charge in [-0.1, -0.05) is 6.07 Å². The molecular formula is C13H15N3O2. The Balaban J connectivity index is 1.95. The summed E-state index contributed by atoms with van der Waals surface area (Å²) in [6.07, 6.45) is 1.73. The molecule has 18 heavy (non-hydrogen) atoms. The molecule has 94 valence electrons. The maximum absolute atomic E-state index is 5.72. The van der Waals surface area contributed by atoms with Crippen molar-refractivity contribution in [3.63, 3.8) is 0 Å². The van der Waals surface area contributed by atoms with Gasteiger partial charge in [-0.15, -0.1) is 0 Å². The van der Waals surface area contributed by atoms with Crippen LogP contribution in [0.2, 0.25) is 0 Å². The standard InChI is InChI=1S/C13H15N3O2/c1-17-13-8-15-11-6-9(2-3-10(11)16-13)12-7-14-4-5-18-12/h2-3,6,8,12,14H,4-5,7H2,1H3. The third-order valence-corrected chi connectivity index (χ3v) is 3.05. The number of aromatic nitrogens is 2. The zero-order valence-electron chi connectivity index (χ0n) is 10.2. The van der Waals surface area contributed by atoms with Crippen molar-refractivity contribution in [1.82, 2.24) is 15.3 Å². The zero-order valence-corrected chi connectivity index (χ0v) is 10.2. The molecule has 0 radical (unpaired) electrons. The van der Waals surface area contributed by atoms with Crippen molar-refractivity contribution in [1.29, 1.82) is 0 Å². The van der Waals surface area contributed by atoms with Crippen LogP contribution < -0.4 is 10.1 Å². The van der Waals surface area contributed by atoms with Crippen LogP contribution in [0, 0.1) is 0 Å². The predicted octanol–water partition coefficient (Wildman–Crippen LogP) is 1.30. The highest BCUT2D eigenvalue weighted by Gasteiger charge is 2.16. The lowest BCUT2D eigenvalue weighted by atomic mass is 10.1. The Morgan fingerprint density at radius 3 is 3.11 bits per heavy atom. The maximum Gasteiger partial charge on any atom is 0.232 e. The molecule has 1 fully saturated rings. The predicted molar refractivity (Wildman–Crippen MR) is 67.7 cm³/mol. The molecule has 0 spiro atoms. The smallest absolute Gasteiger partial charge is 0.232 e. The monoisotopic (exact) mass is 245 g/mol. The molecule has 1 aromatic heterocycles. The van der Waals surface area contributed by atoms with E-state index in [2.05, 4.69) is 15.3 Å². The maximum atomic E-state index is 5.72. The molecule has 1 atom stereocenters. The highest BCUT2D eigenvalue weighted by atomic mass is 16.5. The lowest BCUT2D eigenvalue weighted by Crippen LogP contribution is -2.33. The minimum Gasteiger partial charge on any atom is -0.480 e. The summed E-state index contributed by atoms with van der Waals surface area (Å²) in [5, 5.41) is 3.32. The van der Waals surface area contributed by atoms with Crippen LogP contribution in [0.4, 0.5) is 0 Å². The zero-order chi connectivity index (χ0) is 12.4. The highest BCUT2D eigenvalue weighted by molar-refractivity contribution is 5.75. The van der Waals surface area contributed by atoms with Crippen molar-refractivity contribution in [2.75, 3.05) is 26.8 Å². The number of fused-ring (bicyclic) bond motifs is 1. The van der Waals surface area contributed by atoms with Gasteiger partial charge in [-0.05, 0) is 17.7 Å². The number of benzene rings is 1. The summed E-state index contributed by atoms with van der Waals surface area (Å²) >= 11 is 0. The molecule has 3 rings (SSSR count). The quantitative estimate of drug-likeness (QED) is 0.864. The van der Waals surface area contributed by atoms with Gasteiger partial charge in [0.1, 0.15) is 0 Å². The number of methoxy groups -OCH3 is 1. The second-order valence-electron chi connectivity index (χ2n) is 4.22. The van der Waals surface area contributed by atoms with Crippen molar-refractivity contribution in [3.05, 3.63) is 30.0 Å². The van der Waals surface area contributed by atoms with Gasteiger partial charge < -0.3 is 14.8 Å². The van der Waals surface area contributed by atoms with E-state index >= 15 is 0 Å². The van der Waals surface area contributed by atoms with E-state index in [1.165, 1.54) is 0 Å². The van der Waals surface area contributed by atoms with Crippen LogP contribution in [-0.2, 0) is 4.74 Å². The van der Waals surface area contributed by atoms with Gasteiger partial charge in [-0.25, -0.2) is 9.97 Å². The third kappa shape index (κ3) is 2.14. The Kier molecular flexibility index (Phi) is 3.08. The molecule has 0 aliphatic carbocycles. The normalized spacial score (nSPS) is 19.9. The summed E-state index contributed by atoms with van der Waals surface area (Å²) in [7, 11) is 1.59. The fraction of sp³-hybridized carbons (Fsp3) is 0.385. The number of hydrogen-bond acceptors (Lipinski definition) is 5. The lowest BCUT2D eigenvalue weighted by Gasteiger charge is -2.24. The molecule has 2 aromatic rings. The lowest BCUT2D eigenvalue weighted by molar-refractivity contribution is 0.0278. The third-order valence-electron chi connectivity index (χ3n) is 3.05. The fourth-order valence-electron chi connectivity index (χ4n) is 2.09. The van der Waals surface area contributed by atoms with Gasteiger partial charge >= 0.3 is 0 Å². The Morgan fingerprint density at radius 1 is 1.39 bits per heavy atom. The highest BCUT2D eigenvalue weighted by Crippen LogP contribution is 2.22.